The molecule has 0 unspecified atom stereocenters. The summed E-state index contributed by atoms with van der Waals surface area (Å²) in [4.78, 5) is 8.47. The van der Waals surface area contributed by atoms with Crippen LogP contribution in [0.2, 0.25) is 0 Å². The van der Waals surface area contributed by atoms with E-state index in [0.29, 0.717) is 6.04 Å². The van der Waals surface area contributed by atoms with E-state index < -0.39 is 0 Å². The molecule has 0 fully saturated rings. The van der Waals surface area contributed by atoms with Crippen molar-refractivity contribution >= 4 is 27.6 Å². The number of anilines is 2. The largest absolute Gasteiger partial charge is 0.372 e. The lowest BCUT2D eigenvalue weighted by Gasteiger charge is -2.15. The van der Waals surface area contributed by atoms with Gasteiger partial charge in [-0.3, -0.25) is 0 Å². The fourth-order valence-electron chi connectivity index (χ4n) is 2.50. The predicted molar refractivity (Wildman–Crippen MR) is 80.5 cm³/mol. The number of nitrogens with zero attached hydrogens (tertiary/aromatic N) is 2. The van der Waals surface area contributed by atoms with E-state index in [-0.39, 0.29) is 0 Å². The molecule has 3 rings (SSSR count). The molecule has 0 atom stereocenters. The molecule has 0 saturated carbocycles. The fourth-order valence-corrected chi connectivity index (χ4v) is 3.02. The maximum absolute atomic E-state index is 4.30. The van der Waals surface area contributed by atoms with Gasteiger partial charge in [-0.1, -0.05) is 24.3 Å². The lowest BCUT2D eigenvalue weighted by atomic mass is 10.1. The summed E-state index contributed by atoms with van der Waals surface area (Å²) >= 11 is 3.53. The van der Waals surface area contributed by atoms with E-state index in [1.807, 2.05) is 7.05 Å². The third-order valence-corrected chi connectivity index (χ3v) is 4.17. The van der Waals surface area contributed by atoms with Gasteiger partial charge < -0.3 is 10.6 Å². The third kappa shape index (κ3) is 2.42. The van der Waals surface area contributed by atoms with Crippen LogP contribution in [-0.2, 0) is 12.8 Å². The average Bonchev–Trinajstić information content (AvgIpc) is 2.83. The van der Waals surface area contributed by atoms with Crippen LogP contribution in [0.4, 0.5) is 11.6 Å². The van der Waals surface area contributed by atoms with Crippen molar-refractivity contribution in [3.63, 3.8) is 0 Å². The number of rotatable bonds is 3. The van der Waals surface area contributed by atoms with E-state index >= 15 is 0 Å². The van der Waals surface area contributed by atoms with Crippen LogP contribution in [0.15, 0.2) is 35.1 Å². The number of nitrogens with one attached hydrogen (secondary N) is 2. The Balaban J connectivity index is 1.78. The van der Waals surface area contributed by atoms with Gasteiger partial charge in [-0.2, -0.15) is 0 Å². The van der Waals surface area contributed by atoms with Crippen LogP contribution in [0.25, 0.3) is 0 Å². The molecule has 1 aliphatic carbocycles. The summed E-state index contributed by atoms with van der Waals surface area (Å²) in [7, 11) is 1.85. The second-order valence-electron chi connectivity index (χ2n) is 4.65. The van der Waals surface area contributed by atoms with E-state index in [2.05, 4.69) is 60.8 Å². The Bertz CT molecular complexity index is 575. The molecule has 2 aromatic rings. The summed E-state index contributed by atoms with van der Waals surface area (Å²) < 4.78 is 0.883. The Labute approximate surface area is 120 Å². The molecular weight excluding hydrogens is 304 g/mol. The van der Waals surface area contributed by atoms with Crippen LogP contribution in [0.1, 0.15) is 11.1 Å². The lowest BCUT2D eigenvalue weighted by Crippen LogP contribution is -2.20. The molecule has 0 amide bonds. The first-order valence-electron chi connectivity index (χ1n) is 6.29. The first-order chi connectivity index (χ1) is 9.28. The minimum absolute atomic E-state index is 0.397. The number of benzene rings is 1. The SMILES string of the molecule is CNc1ncnc(NC2Cc3ccccc3C2)c1Br. The smallest absolute Gasteiger partial charge is 0.146 e. The molecule has 2 N–H and O–H groups in total. The molecule has 1 aromatic carbocycles. The van der Waals surface area contributed by atoms with Crippen molar-refractivity contribution in [1.82, 2.24) is 9.97 Å². The quantitative estimate of drug-likeness (QED) is 0.913. The van der Waals surface area contributed by atoms with Crippen molar-refractivity contribution in [2.45, 2.75) is 18.9 Å². The Morgan fingerprint density at radius 1 is 1.11 bits per heavy atom. The summed E-state index contributed by atoms with van der Waals surface area (Å²) in [5.41, 5.74) is 2.86. The fraction of sp³-hybridized carbons (Fsp3) is 0.286. The molecule has 0 saturated heterocycles. The van der Waals surface area contributed by atoms with Crippen molar-refractivity contribution in [2.75, 3.05) is 17.7 Å². The summed E-state index contributed by atoms with van der Waals surface area (Å²) in [5.74, 6) is 1.64. The zero-order valence-electron chi connectivity index (χ0n) is 10.7. The Kier molecular flexibility index (Phi) is 3.38. The molecule has 98 valence electrons. The second kappa shape index (κ2) is 5.17. The van der Waals surface area contributed by atoms with Gasteiger partial charge in [-0.25, -0.2) is 9.97 Å². The van der Waals surface area contributed by atoms with E-state index in [1.54, 1.807) is 6.33 Å². The maximum atomic E-state index is 4.30. The van der Waals surface area contributed by atoms with Gasteiger partial charge in [0.2, 0.25) is 0 Å². The zero-order chi connectivity index (χ0) is 13.2. The van der Waals surface area contributed by atoms with Gasteiger partial charge in [-0.15, -0.1) is 0 Å². The highest BCUT2D eigenvalue weighted by molar-refractivity contribution is 9.10. The number of halogens is 1. The number of hydrogen-bond acceptors (Lipinski definition) is 4. The van der Waals surface area contributed by atoms with Gasteiger partial charge in [0.1, 0.15) is 22.4 Å². The molecule has 1 aromatic heterocycles. The predicted octanol–water partition coefficient (Wildman–Crippen LogP) is 2.86. The monoisotopic (exact) mass is 318 g/mol. The van der Waals surface area contributed by atoms with Crippen LogP contribution in [0.5, 0.6) is 0 Å². The highest BCUT2D eigenvalue weighted by Crippen LogP contribution is 2.29. The average molecular weight is 319 g/mol. The van der Waals surface area contributed by atoms with Gasteiger partial charge in [0.25, 0.3) is 0 Å². The number of aromatic nitrogens is 2. The van der Waals surface area contributed by atoms with E-state index in [0.717, 1.165) is 29.0 Å². The Hall–Kier alpha value is -1.62. The maximum Gasteiger partial charge on any atom is 0.146 e. The number of fused-ring (bicyclic) bond motifs is 1. The highest BCUT2D eigenvalue weighted by Gasteiger charge is 2.22. The van der Waals surface area contributed by atoms with Gasteiger partial charge in [0.05, 0.1) is 0 Å². The van der Waals surface area contributed by atoms with Crippen LogP contribution >= 0.6 is 15.9 Å². The van der Waals surface area contributed by atoms with E-state index in [9.17, 15) is 0 Å². The van der Waals surface area contributed by atoms with Crippen molar-refractivity contribution in [2.24, 2.45) is 0 Å². The molecule has 1 heterocycles. The third-order valence-electron chi connectivity index (χ3n) is 3.42. The summed E-state index contributed by atoms with van der Waals surface area (Å²) in [6, 6.07) is 8.99. The molecule has 4 nitrogen and oxygen atoms in total. The van der Waals surface area contributed by atoms with Crippen molar-refractivity contribution in [3.05, 3.63) is 46.2 Å². The first-order valence-corrected chi connectivity index (χ1v) is 7.09. The molecule has 0 spiro atoms. The molecule has 0 bridgehead atoms. The van der Waals surface area contributed by atoms with Crippen LogP contribution < -0.4 is 10.6 Å². The summed E-state index contributed by atoms with van der Waals surface area (Å²) in [6.45, 7) is 0. The highest BCUT2D eigenvalue weighted by atomic mass is 79.9. The molecule has 0 aliphatic heterocycles. The zero-order valence-corrected chi connectivity index (χ0v) is 12.2. The molecule has 19 heavy (non-hydrogen) atoms. The normalized spacial score (nSPS) is 14.2. The lowest BCUT2D eigenvalue weighted by molar-refractivity contribution is 0.767. The number of hydrogen-bond donors (Lipinski definition) is 2. The van der Waals surface area contributed by atoms with Gasteiger partial charge in [-0.05, 0) is 39.9 Å². The van der Waals surface area contributed by atoms with Gasteiger partial charge >= 0.3 is 0 Å². The van der Waals surface area contributed by atoms with Crippen molar-refractivity contribution < 1.29 is 0 Å². The van der Waals surface area contributed by atoms with Crippen LogP contribution in [0, 0.1) is 0 Å². The minimum atomic E-state index is 0.397. The van der Waals surface area contributed by atoms with Gasteiger partial charge in [0, 0.05) is 13.1 Å². The van der Waals surface area contributed by atoms with Gasteiger partial charge in [0.15, 0.2) is 0 Å². The molecule has 5 heteroatoms. The van der Waals surface area contributed by atoms with Crippen LogP contribution in [-0.4, -0.2) is 23.1 Å². The summed E-state index contributed by atoms with van der Waals surface area (Å²) in [6.07, 6.45) is 3.66. The Morgan fingerprint density at radius 3 is 2.37 bits per heavy atom. The van der Waals surface area contributed by atoms with E-state index in [1.165, 1.54) is 11.1 Å². The van der Waals surface area contributed by atoms with E-state index in [4.69, 9.17) is 0 Å². The topological polar surface area (TPSA) is 49.8 Å². The standard InChI is InChI=1S/C14H15BrN4/c1-16-13-12(15)14(18-8-17-13)19-11-6-9-4-2-3-5-10(9)7-11/h2-5,8,11H,6-7H2,1H3,(H2,16,17,18,19). The van der Waals surface area contributed by atoms with Crippen molar-refractivity contribution in [1.29, 1.82) is 0 Å². The first kappa shape index (κ1) is 12.4. The Morgan fingerprint density at radius 2 is 1.74 bits per heavy atom. The van der Waals surface area contributed by atoms with Crippen molar-refractivity contribution in [3.8, 4) is 0 Å². The molecule has 1 aliphatic rings. The molecule has 0 radical (unpaired) electrons. The van der Waals surface area contributed by atoms with Crippen LogP contribution in [0.3, 0.4) is 0 Å². The second-order valence-corrected chi connectivity index (χ2v) is 5.45. The minimum Gasteiger partial charge on any atom is -0.372 e. The summed E-state index contributed by atoms with van der Waals surface area (Å²) in [5, 5.41) is 6.53. The molecular formula is C14H15BrN4.